The van der Waals surface area contributed by atoms with Crippen LogP contribution in [0.3, 0.4) is 0 Å². The van der Waals surface area contributed by atoms with Gasteiger partial charge < -0.3 is 9.64 Å². The van der Waals surface area contributed by atoms with Crippen molar-refractivity contribution in [3.63, 3.8) is 0 Å². The van der Waals surface area contributed by atoms with Crippen molar-refractivity contribution >= 4 is 11.7 Å². The molecule has 0 N–H and O–H groups in total. The molecule has 0 bridgehead atoms. The molecule has 1 amide bonds. The molecule has 0 aliphatic carbocycles. The van der Waals surface area contributed by atoms with Crippen molar-refractivity contribution in [2.24, 2.45) is 5.92 Å². The van der Waals surface area contributed by atoms with E-state index in [1.165, 1.54) is 6.42 Å². The first-order chi connectivity index (χ1) is 15.2. The van der Waals surface area contributed by atoms with E-state index in [2.05, 4.69) is 9.88 Å². The summed E-state index contributed by atoms with van der Waals surface area (Å²) >= 11 is 0. The van der Waals surface area contributed by atoms with Crippen molar-refractivity contribution < 1.29 is 14.3 Å². The van der Waals surface area contributed by atoms with Crippen LogP contribution >= 0.6 is 0 Å². The number of hydrogen-bond donors (Lipinski definition) is 0. The van der Waals surface area contributed by atoms with Gasteiger partial charge in [-0.25, -0.2) is 0 Å². The molecule has 6 heteroatoms. The van der Waals surface area contributed by atoms with Crippen molar-refractivity contribution in [1.29, 1.82) is 0 Å². The lowest BCUT2D eigenvalue weighted by Crippen LogP contribution is -2.39. The fourth-order valence-electron chi connectivity index (χ4n) is 4.52. The molecule has 3 heterocycles. The summed E-state index contributed by atoms with van der Waals surface area (Å²) in [5.41, 5.74) is 1.61. The molecule has 2 aromatic rings. The monoisotopic (exact) mass is 421 g/mol. The lowest BCUT2D eigenvalue weighted by atomic mass is 9.91. The molecule has 31 heavy (non-hydrogen) atoms. The second kappa shape index (κ2) is 10.5. The Morgan fingerprint density at radius 2 is 1.77 bits per heavy atom. The van der Waals surface area contributed by atoms with Crippen LogP contribution < -0.4 is 4.74 Å². The maximum Gasteiger partial charge on any atom is 0.260 e. The first kappa shape index (κ1) is 21.5. The predicted molar refractivity (Wildman–Crippen MR) is 119 cm³/mol. The van der Waals surface area contributed by atoms with Crippen LogP contribution in [0.1, 0.15) is 48.2 Å². The molecule has 2 saturated heterocycles. The molecule has 1 aromatic carbocycles. The molecule has 0 radical (unpaired) electrons. The van der Waals surface area contributed by atoms with E-state index in [9.17, 15) is 9.59 Å². The van der Waals surface area contributed by atoms with Gasteiger partial charge in [0, 0.05) is 43.9 Å². The second-order valence-electron chi connectivity index (χ2n) is 8.49. The highest BCUT2D eigenvalue weighted by Gasteiger charge is 2.27. The summed E-state index contributed by atoms with van der Waals surface area (Å²) in [4.78, 5) is 33.8. The summed E-state index contributed by atoms with van der Waals surface area (Å²) in [6, 6.07) is 13.4. The Bertz CT molecular complexity index is 881. The number of likely N-dealkylation sites (tertiary alicyclic amines) is 2. The van der Waals surface area contributed by atoms with Gasteiger partial charge in [0.15, 0.2) is 12.4 Å². The van der Waals surface area contributed by atoms with Gasteiger partial charge in [-0.1, -0.05) is 24.3 Å². The molecule has 2 aliphatic rings. The molecule has 2 fully saturated rings. The number of rotatable bonds is 7. The molecule has 1 aromatic heterocycles. The number of hydrogen-bond acceptors (Lipinski definition) is 5. The highest BCUT2D eigenvalue weighted by atomic mass is 16.5. The van der Waals surface area contributed by atoms with Crippen LogP contribution in [0.25, 0.3) is 0 Å². The van der Waals surface area contributed by atoms with E-state index in [4.69, 9.17) is 4.74 Å². The van der Waals surface area contributed by atoms with Crippen molar-refractivity contribution in [1.82, 2.24) is 14.8 Å². The van der Waals surface area contributed by atoms with E-state index in [0.29, 0.717) is 12.2 Å². The van der Waals surface area contributed by atoms with Gasteiger partial charge in [0.25, 0.3) is 5.91 Å². The van der Waals surface area contributed by atoms with Gasteiger partial charge in [-0.15, -0.1) is 0 Å². The number of ketones is 1. The van der Waals surface area contributed by atoms with E-state index in [1.807, 2.05) is 41.3 Å². The first-order valence-electron chi connectivity index (χ1n) is 11.4. The van der Waals surface area contributed by atoms with E-state index >= 15 is 0 Å². The van der Waals surface area contributed by atoms with Crippen molar-refractivity contribution in [3.05, 3.63) is 59.9 Å². The highest BCUT2D eigenvalue weighted by molar-refractivity contribution is 5.96. The van der Waals surface area contributed by atoms with Gasteiger partial charge in [0.1, 0.15) is 11.4 Å². The normalized spacial score (nSPS) is 19.7. The minimum atomic E-state index is -0.0302. The van der Waals surface area contributed by atoms with E-state index < -0.39 is 0 Å². The molecular formula is C25H31N3O3. The van der Waals surface area contributed by atoms with E-state index in [0.717, 1.165) is 63.2 Å². The zero-order valence-corrected chi connectivity index (χ0v) is 18.0. The third kappa shape index (κ3) is 5.70. The van der Waals surface area contributed by atoms with Crippen LogP contribution in [0.2, 0.25) is 0 Å². The number of nitrogens with zero attached hydrogens (tertiary/aromatic N) is 3. The Kier molecular flexibility index (Phi) is 7.30. The lowest BCUT2D eigenvalue weighted by Gasteiger charge is -2.32. The lowest BCUT2D eigenvalue weighted by molar-refractivity contribution is -0.134. The third-order valence-electron chi connectivity index (χ3n) is 6.22. The number of para-hydroxylation sites is 1. The smallest absolute Gasteiger partial charge is 0.260 e. The average molecular weight is 422 g/mol. The van der Waals surface area contributed by atoms with Crippen LogP contribution in [0.5, 0.6) is 5.75 Å². The zero-order chi connectivity index (χ0) is 21.5. The molecule has 0 saturated carbocycles. The standard InChI is InChI=1S/C25H31N3O3/c29-24(28-15-6-1-7-16-28)19-31-23-12-3-2-9-20(23)17-27-14-8-10-21(18-27)25(30)22-11-4-5-13-26-22/h2-5,9,11-13,21H,1,6-8,10,14-19H2. The average Bonchev–Trinajstić information content (AvgIpc) is 2.84. The summed E-state index contributed by atoms with van der Waals surface area (Å²) < 4.78 is 5.94. The van der Waals surface area contributed by atoms with E-state index in [1.54, 1.807) is 12.3 Å². The molecule has 1 unspecified atom stereocenters. The maximum atomic E-state index is 12.8. The van der Waals surface area contributed by atoms with Gasteiger partial charge in [-0.05, 0) is 56.8 Å². The molecule has 1 atom stereocenters. The first-order valence-corrected chi connectivity index (χ1v) is 11.4. The number of aromatic nitrogens is 1. The summed E-state index contributed by atoms with van der Waals surface area (Å²) in [6.07, 6.45) is 6.92. The van der Waals surface area contributed by atoms with Crippen LogP contribution in [-0.2, 0) is 11.3 Å². The number of benzene rings is 1. The predicted octanol–water partition coefficient (Wildman–Crippen LogP) is 3.57. The quantitative estimate of drug-likeness (QED) is 0.640. The Morgan fingerprint density at radius 3 is 2.58 bits per heavy atom. The Morgan fingerprint density at radius 1 is 0.968 bits per heavy atom. The van der Waals surface area contributed by atoms with Crippen molar-refractivity contribution in [3.8, 4) is 5.75 Å². The van der Waals surface area contributed by atoms with Gasteiger partial charge in [0.2, 0.25) is 0 Å². The highest BCUT2D eigenvalue weighted by Crippen LogP contribution is 2.25. The fourth-order valence-corrected chi connectivity index (χ4v) is 4.52. The second-order valence-corrected chi connectivity index (χ2v) is 8.49. The van der Waals surface area contributed by atoms with E-state index in [-0.39, 0.29) is 24.2 Å². The summed E-state index contributed by atoms with van der Waals surface area (Å²) in [5.74, 6) is 0.916. The number of ether oxygens (including phenoxy) is 1. The number of amides is 1. The van der Waals surface area contributed by atoms with Gasteiger partial charge in [0.05, 0.1) is 0 Å². The van der Waals surface area contributed by atoms with Gasteiger partial charge in [-0.3, -0.25) is 19.5 Å². The molecule has 2 aliphatic heterocycles. The summed E-state index contributed by atoms with van der Waals surface area (Å²) in [6.45, 7) is 4.13. The molecule has 164 valence electrons. The van der Waals surface area contributed by atoms with Gasteiger partial charge >= 0.3 is 0 Å². The van der Waals surface area contributed by atoms with Crippen LogP contribution in [0.15, 0.2) is 48.7 Å². The number of carbonyl (C=O) groups excluding carboxylic acids is 2. The van der Waals surface area contributed by atoms with Crippen LogP contribution in [-0.4, -0.2) is 59.3 Å². The van der Waals surface area contributed by atoms with Gasteiger partial charge in [-0.2, -0.15) is 0 Å². The molecule has 0 spiro atoms. The summed E-state index contributed by atoms with van der Waals surface area (Å²) in [5, 5.41) is 0. The number of carbonyl (C=O) groups is 2. The van der Waals surface area contributed by atoms with Crippen molar-refractivity contribution in [2.75, 3.05) is 32.8 Å². The number of piperidine rings is 2. The van der Waals surface area contributed by atoms with Crippen LogP contribution in [0.4, 0.5) is 0 Å². The number of Topliss-reactive ketones (excluding diaryl/α,β-unsaturated/α-hetero) is 1. The zero-order valence-electron chi connectivity index (χ0n) is 18.0. The Hall–Kier alpha value is -2.73. The topological polar surface area (TPSA) is 62.7 Å². The Balaban J connectivity index is 1.35. The third-order valence-corrected chi connectivity index (χ3v) is 6.22. The number of pyridine rings is 1. The molecule has 4 rings (SSSR count). The Labute approximate surface area is 184 Å². The minimum Gasteiger partial charge on any atom is -0.483 e. The largest absolute Gasteiger partial charge is 0.483 e. The van der Waals surface area contributed by atoms with Crippen molar-refractivity contribution in [2.45, 2.75) is 38.6 Å². The maximum absolute atomic E-state index is 12.8. The summed E-state index contributed by atoms with van der Waals surface area (Å²) in [7, 11) is 0. The van der Waals surface area contributed by atoms with Crippen LogP contribution in [0, 0.1) is 5.92 Å². The fraction of sp³-hybridized carbons (Fsp3) is 0.480. The minimum absolute atomic E-state index is 0.0302. The SMILES string of the molecule is O=C(c1ccccn1)C1CCCN(Cc2ccccc2OCC(=O)N2CCCCC2)C1. The molecule has 6 nitrogen and oxygen atoms in total. The molecular weight excluding hydrogens is 390 g/mol.